The zero-order chi connectivity index (χ0) is 21.6. The summed E-state index contributed by atoms with van der Waals surface area (Å²) in [5, 5.41) is 3.43. The lowest BCUT2D eigenvalue weighted by atomic mass is 10.2. The Labute approximate surface area is 200 Å². The summed E-state index contributed by atoms with van der Waals surface area (Å²) in [5.74, 6) is 0.662. The first-order chi connectivity index (χ1) is 15.1. The quantitative estimate of drug-likeness (QED) is 0.294. The number of amidine groups is 1. The van der Waals surface area contributed by atoms with Gasteiger partial charge in [0.05, 0.1) is 10.6 Å². The Morgan fingerprint density at radius 3 is 2.32 bits per heavy atom. The molecule has 0 saturated carbocycles. The summed E-state index contributed by atoms with van der Waals surface area (Å²) in [4.78, 5) is 17.5. The van der Waals surface area contributed by atoms with Crippen LogP contribution in [0, 0.1) is 3.57 Å². The summed E-state index contributed by atoms with van der Waals surface area (Å²) in [6, 6.07) is 24.0. The molecule has 0 aromatic heterocycles. The Kier molecular flexibility index (Phi) is 7.09. The number of aliphatic imine (C=N–C) groups is 1. The van der Waals surface area contributed by atoms with Gasteiger partial charge in [0.25, 0.3) is 5.91 Å². The number of carbonyl (C=O) groups excluding carboxylic acids is 1. The van der Waals surface area contributed by atoms with Crippen molar-refractivity contribution in [3.63, 3.8) is 0 Å². The minimum Gasteiger partial charge on any atom is -0.489 e. The van der Waals surface area contributed by atoms with Crippen molar-refractivity contribution < 1.29 is 9.53 Å². The van der Waals surface area contributed by atoms with E-state index < -0.39 is 0 Å². The summed E-state index contributed by atoms with van der Waals surface area (Å²) in [6.07, 6.45) is 2.86. The Hall–Kier alpha value is -2.58. The fourth-order valence-corrected chi connectivity index (χ4v) is 4.16. The van der Waals surface area contributed by atoms with Crippen molar-refractivity contribution in [3.05, 3.63) is 98.0 Å². The lowest BCUT2D eigenvalue weighted by Gasteiger charge is -2.07. The van der Waals surface area contributed by atoms with Crippen molar-refractivity contribution in [1.29, 1.82) is 0 Å². The maximum Gasteiger partial charge on any atom is 0.264 e. The number of halogens is 1. The Bertz CT molecular complexity index is 1120. The molecule has 0 aliphatic carbocycles. The molecule has 4 rings (SSSR count). The van der Waals surface area contributed by atoms with E-state index in [0.717, 1.165) is 29.0 Å². The third kappa shape index (κ3) is 5.98. The number of hydrogen-bond acceptors (Lipinski definition) is 4. The lowest BCUT2D eigenvalue weighted by molar-refractivity contribution is -0.115. The SMILES string of the molecule is CCc1ccc(N=C2NC(=O)/C(=C/c3ccc(OCc4ccc(I)cc4)cc3)S2)cc1. The van der Waals surface area contributed by atoms with E-state index in [0.29, 0.717) is 16.7 Å². The van der Waals surface area contributed by atoms with Crippen molar-refractivity contribution in [3.8, 4) is 5.75 Å². The van der Waals surface area contributed by atoms with Gasteiger partial charge in [0.2, 0.25) is 0 Å². The van der Waals surface area contributed by atoms with Crippen LogP contribution in [-0.4, -0.2) is 11.1 Å². The number of rotatable bonds is 6. The number of benzene rings is 3. The van der Waals surface area contributed by atoms with E-state index in [9.17, 15) is 4.79 Å². The molecular formula is C25H21IN2O2S. The molecule has 0 bridgehead atoms. The van der Waals surface area contributed by atoms with Crippen molar-refractivity contribution in [2.24, 2.45) is 4.99 Å². The first-order valence-corrected chi connectivity index (χ1v) is 11.8. The number of nitrogens with one attached hydrogen (secondary N) is 1. The molecule has 31 heavy (non-hydrogen) atoms. The molecule has 0 unspecified atom stereocenters. The number of hydrogen-bond donors (Lipinski definition) is 1. The second-order valence-electron chi connectivity index (χ2n) is 6.99. The van der Waals surface area contributed by atoms with Crippen LogP contribution < -0.4 is 10.1 Å². The highest BCUT2D eigenvalue weighted by atomic mass is 127. The average molecular weight is 540 g/mol. The number of amides is 1. The minimum atomic E-state index is -0.132. The largest absolute Gasteiger partial charge is 0.489 e. The van der Waals surface area contributed by atoms with Crippen molar-refractivity contribution in [2.45, 2.75) is 20.0 Å². The molecule has 1 heterocycles. The van der Waals surface area contributed by atoms with Crippen molar-refractivity contribution in [2.75, 3.05) is 0 Å². The Morgan fingerprint density at radius 2 is 1.65 bits per heavy atom. The Balaban J connectivity index is 1.39. The predicted molar refractivity (Wildman–Crippen MR) is 137 cm³/mol. The molecule has 1 aliphatic rings. The molecule has 3 aromatic rings. The number of ether oxygens (including phenoxy) is 1. The van der Waals surface area contributed by atoms with Crippen LogP contribution in [0.5, 0.6) is 5.75 Å². The number of thioether (sulfide) groups is 1. The smallest absolute Gasteiger partial charge is 0.264 e. The van der Waals surface area contributed by atoms with Gasteiger partial charge in [-0.15, -0.1) is 0 Å². The number of aryl methyl sites for hydroxylation is 1. The van der Waals surface area contributed by atoms with Crippen LogP contribution in [0.15, 0.2) is 82.7 Å². The highest BCUT2D eigenvalue weighted by Crippen LogP contribution is 2.28. The van der Waals surface area contributed by atoms with E-state index >= 15 is 0 Å². The molecule has 0 radical (unpaired) electrons. The van der Waals surface area contributed by atoms with E-state index in [1.807, 2.05) is 42.5 Å². The maximum absolute atomic E-state index is 12.3. The second-order valence-corrected chi connectivity index (χ2v) is 9.26. The van der Waals surface area contributed by atoms with Gasteiger partial charge in [0.15, 0.2) is 5.17 Å². The summed E-state index contributed by atoms with van der Waals surface area (Å²) >= 11 is 3.64. The van der Waals surface area contributed by atoms with Crippen LogP contribution in [0.25, 0.3) is 6.08 Å². The zero-order valence-electron chi connectivity index (χ0n) is 17.0. The van der Waals surface area contributed by atoms with Crippen LogP contribution in [0.3, 0.4) is 0 Å². The topological polar surface area (TPSA) is 50.7 Å². The molecule has 6 heteroatoms. The van der Waals surface area contributed by atoms with Crippen molar-refractivity contribution in [1.82, 2.24) is 5.32 Å². The fraction of sp³-hybridized carbons (Fsp3) is 0.120. The van der Waals surface area contributed by atoms with Gasteiger partial charge in [-0.3, -0.25) is 4.79 Å². The monoisotopic (exact) mass is 540 g/mol. The third-order valence-corrected chi connectivity index (χ3v) is 6.35. The zero-order valence-corrected chi connectivity index (χ0v) is 19.9. The van der Waals surface area contributed by atoms with E-state index in [1.165, 1.54) is 20.9 Å². The molecule has 3 aromatic carbocycles. The first-order valence-electron chi connectivity index (χ1n) is 9.95. The minimum absolute atomic E-state index is 0.132. The van der Waals surface area contributed by atoms with Gasteiger partial charge >= 0.3 is 0 Å². The van der Waals surface area contributed by atoms with Gasteiger partial charge in [-0.25, -0.2) is 4.99 Å². The average Bonchev–Trinajstić information content (AvgIpc) is 3.13. The molecule has 1 saturated heterocycles. The molecule has 156 valence electrons. The summed E-state index contributed by atoms with van der Waals surface area (Å²) < 4.78 is 7.06. The van der Waals surface area contributed by atoms with Crippen LogP contribution in [-0.2, 0) is 17.8 Å². The summed E-state index contributed by atoms with van der Waals surface area (Å²) in [7, 11) is 0. The van der Waals surface area contributed by atoms with E-state index in [-0.39, 0.29) is 5.91 Å². The summed E-state index contributed by atoms with van der Waals surface area (Å²) in [5.41, 5.74) is 4.16. The van der Waals surface area contributed by atoms with E-state index in [1.54, 1.807) is 0 Å². The number of nitrogens with zero attached hydrogens (tertiary/aromatic N) is 1. The van der Waals surface area contributed by atoms with Gasteiger partial charge in [0, 0.05) is 3.57 Å². The van der Waals surface area contributed by atoms with Crippen LogP contribution in [0.4, 0.5) is 5.69 Å². The van der Waals surface area contributed by atoms with Gasteiger partial charge in [-0.2, -0.15) is 0 Å². The predicted octanol–water partition coefficient (Wildman–Crippen LogP) is 6.32. The molecule has 0 atom stereocenters. The van der Waals surface area contributed by atoms with E-state index in [2.05, 4.69) is 76.2 Å². The standard InChI is InChI=1S/C25H21IN2O2S/c1-2-17-5-11-21(12-6-17)27-25-28-24(29)23(31-25)15-18-7-13-22(14-8-18)30-16-19-3-9-20(26)10-4-19/h3-15H,2,16H2,1H3,(H,27,28,29)/b23-15-. The maximum atomic E-state index is 12.3. The molecule has 4 nitrogen and oxygen atoms in total. The number of carbonyl (C=O) groups is 1. The van der Waals surface area contributed by atoms with Gasteiger partial charge < -0.3 is 10.1 Å². The third-order valence-electron chi connectivity index (χ3n) is 4.72. The molecular weight excluding hydrogens is 519 g/mol. The van der Waals surface area contributed by atoms with E-state index in [4.69, 9.17) is 4.74 Å². The normalized spacial score (nSPS) is 16.0. The molecule has 1 aliphatic heterocycles. The van der Waals surface area contributed by atoms with Gasteiger partial charge in [-0.1, -0.05) is 43.3 Å². The molecule has 1 amide bonds. The highest BCUT2D eigenvalue weighted by Gasteiger charge is 2.23. The first kappa shape index (κ1) is 21.6. The Morgan fingerprint density at radius 1 is 0.968 bits per heavy atom. The van der Waals surface area contributed by atoms with Crippen molar-refractivity contribution >= 4 is 57.2 Å². The lowest BCUT2D eigenvalue weighted by Crippen LogP contribution is -2.19. The second kappa shape index (κ2) is 10.2. The van der Waals surface area contributed by atoms with Crippen LogP contribution in [0.1, 0.15) is 23.6 Å². The fourth-order valence-electron chi connectivity index (χ4n) is 2.96. The van der Waals surface area contributed by atoms with Gasteiger partial charge in [-0.05, 0) is 99.9 Å². The highest BCUT2D eigenvalue weighted by molar-refractivity contribution is 14.1. The van der Waals surface area contributed by atoms with Gasteiger partial charge in [0.1, 0.15) is 12.4 Å². The molecule has 1 N–H and O–H groups in total. The van der Waals surface area contributed by atoms with Crippen LogP contribution in [0.2, 0.25) is 0 Å². The molecule has 1 fully saturated rings. The van der Waals surface area contributed by atoms with Crippen LogP contribution >= 0.6 is 34.4 Å². The molecule has 0 spiro atoms. The summed E-state index contributed by atoms with van der Waals surface area (Å²) in [6.45, 7) is 2.64.